The first-order valence-electron chi connectivity index (χ1n) is 8.06. The van der Waals surface area contributed by atoms with Crippen molar-refractivity contribution in [1.82, 2.24) is 30.2 Å². The second-order valence-corrected chi connectivity index (χ2v) is 6.23. The van der Waals surface area contributed by atoms with E-state index in [4.69, 9.17) is 11.6 Å². The van der Waals surface area contributed by atoms with Crippen LogP contribution in [-0.4, -0.2) is 32.0 Å². The third-order valence-electron chi connectivity index (χ3n) is 4.19. The van der Waals surface area contributed by atoms with Crippen molar-refractivity contribution in [3.8, 4) is 5.69 Å². The predicted molar refractivity (Wildman–Crippen MR) is 93.7 cm³/mol. The largest absolute Gasteiger partial charge is 0.345 e. The van der Waals surface area contributed by atoms with Gasteiger partial charge in [-0.2, -0.15) is 0 Å². The van der Waals surface area contributed by atoms with Crippen LogP contribution >= 0.6 is 11.6 Å². The number of benzene rings is 1. The SMILES string of the molecule is O=C(NCc1cn(-c2ccccc2Cl)nn1)c1ccc2n1CCNC2. The van der Waals surface area contributed by atoms with Crippen molar-refractivity contribution < 1.29 is 4.79 Å². The number of fused-ring (bicyclic) bond motifs is 1. The molecule has 0 fully saturated rings. The number of hydrogen-bond donors (Lipinski definition) is 2. The molecule has 1 aliphatic heterocycles. The molecule has 2 aromatic heterocycles. The van der Waals surface area contributed by atoms with E-state index in [1.807, 2.05) is 34.9 Å². The van der Waals surface area contributed by atoms with E-state index in [1.54, 1.807) is 16.9 Å². The zero-order valence-electron chi connectivity index (χ0n) is 13.4. The fourth-order valence-corrected chi connectivity index (χ4v) is 3.15. The third kappa shape index (κ3) is 3.16. The lowest BCUT2D eigenvalue weighted by molar-refractivity contribution is 0.0940. The highest BCUT2D eigenvalue weighted by molar-refractivity contribution is 6.32. The van der Waals surface area contributed by atoms with Crippen molar-refractivity contribution in [2.24, 2.45) is 0 Å². The van der Waals surface area contributed by atoms with Crippen LogP contribution in [0.5, 0.6) is 0 Å². The Morgan fingerprint density at radius 1 is 1.28 bits per heavy atom. The van der Waals surface area contributed by atoms with Gasteiger partial charge in [0.05, 0.1) is 23.5 Å². The normalized spacial score (nSPS) is 13.5. The molecule has 8 heteroatoms. The molecule has 25 heavy (non-hydrogen) atoms. The lowest BCUT2D eigenvalue weighted by Gasteiger charge is -2.18. The molecule has 128 valence electrons. The molecule has 2 N–H and O–H groups in total. The van der Waals surface area contributed by atoms with Crippen molar-refractivity contribution in [3.05, 3.63) is 64.7 Å². The van der Waals surface area contributed by atoms with E-state index in [0.717, 1.165) is 31.0 Å². The summed E-state index contributed by atoms with van der Waals surface area (Å²) in [5, 5.41) is 15.0. The average molecular weight is 357 g/mol. The number of hydrogen-bond acceptors (Lipinski definition) is 4. The monoisotopic (exact) mass is 356 g/mol. The number of carbonyl (C=O) groups excluding carboxylic acids is 1. The van der Waals surface area contributed by atoms with Gasteiger partial charge in [-0.15, -0.1) is 5.10 Å². The molecule has 0 saturated heterocycles. The van der Waals surface area contributed by atoms with Gasteiger partial charge in [0, 0.05) is 25.3 Å². The van der Waals surface area contributed by atoms with Gasteiger partial charge in [0.15, 0.2) is 0 Å². The van der Waals surface area contributed by atoms with E-state index < -0.39 is 0 Å². The van der Waals surface area contributed by atoms with E-state index in [-0.39, 0.29) is 5.91 Å². The number of nitrogens with zero attached hydrogens (tertiary/aromatic N) is 4. The summed E-state index contributed by atoms with van der Waals surface area (Å²) in [6.07, 6.45) is 1.76. The van der Waals surface area contributed by atoms with Crippen molar-refractivity contribution in [2.75, 3.05) is 6.54 Å². The fraction of sp³-hybridized carbons (Fsp3) is 0.235. The van der Waals surface area contributed by atoms with Crippen LogP contribution in [0, 0.1) is 0 Å². The Bertz CT molecular complexity index is 916. The van der Waals surface area contributed by atoms with Gasteiger partial charge in [-0.1, -0.05) is 28.9 Å². The average Bonchev–Trinajstić information content (AvgIpc) is 3.27. The Balaban J connectivity index is 1.45. The minimum atomic E-state index is -0.111. The van der Waals surface area contributed by atoms with Gasteiger partial charge < -0.3 is 15.2 Å². The topological polar surface area (TPSA) is 76.8 Å². The molecular formula is C17H17ClN6O. The predicted octanol–water partition coefficient (Wildman–Crippen LogP) is 1.76. The number of halogens is 1. The van der Waals surface area contributed by atoms with Gasteiger partial charge in [-0.25, -0.2) is 4.68 Å². The Morgan fingerprint density at radius 3 is 3.04 bits per heavy atom. The van der Waals surface area contributed by atoms with Crippen LogP contribution in [0.3, 0.4) is 0 Å². The molecule has 4 rings (SSSR count). The Morgan fingerprint density at radius 2 is 2.16 bits per heavy atom. The maximum absolute atomic E-state index is 12.5. The lowest BCUT2D eigenvalue weighted by atomic mass is 10.3. The molecule has 0 radical (unpaired) electrons. The van der Waals surface area contributed by atoms with Gasteiger partial charge in [0.25, 0.3) is 5.91 Å². The van der Waals surface area contributed by atoms with Crippen molar-refractivity contribution >= 4 is 17.5 Å². The van der Waals surface area contributed by atoms with E-state index in [2.05, 4.69) is 20.9 Å². The van der Waals surface area contributed by atoms with E-state index in [1.165, 1.54) is 0 Å². The molecule has 7 nitrogen and oxygen atoms in total. The summed E-state index contributed by atoms with van der Waals surface area (Å²) in [4.78, 5) is 12.5. The van der Waals surface area contributed by atoms with Crippen molar-refractivity contribution in [3.63, 3.8) is 0 Å². The van der Waals surface area contributed by atoms with Crippen LogP contribution in [0.2, 0.25) is 5.02 Å². The number of aromatic nitrogens is 4. The lowest BCUT2D eigenvalue weighted by Crippen LogP contribution is -2.32. The van der Waals surface area contributed by atoms with Gasteiger partial charge in [0.1, 0.15) is 11.4 Å². The van der Waals surface area contributed by atoms with Gasteiger partial charge in [-0.05, 0) is 24.3 Å². The zero-order chi connectivity index (χ0) is 17.2. The molecule has 0 spiro atoms. The summed E-state index contributed by atoms with van der Waals surface area (Å²) in [6.45, 7) is 2.77. The van der Waals surface area contributed by atoms with Crippen molar-refractivity contribution in [2.45, 2.75) is 19.6 Å². The Labute approximate surface area is 149 Å². The van der Waals surface area contributed by atoms with Gasteiger partial charge >= 0.3 is 0 Å². The third-order valence-corrected chi connectivity index (χ3v) is 4.51. The molecule has 0 bridgehead atoms. The molecule has 1 aliphatic rings. The number of amides is 1. The molecule has 0 saturated carbocycles. The highest BCUT2D eigenvalue weighted by atomic mass is 35.5. The summed E-state index contributed by atoms with van der Waals surface area (Å²) in [6, 6.07) is 11.2. The van der Waals surface area contributed by atoms with Crippen LogP contribution in [0.15, 0.2) is 42.6 Å². The summed E-state index contributed by atoms with van der Waals surface area (Å²) < 4.78 is 3.65. The highest BCUT2D eigenvalue weighted by Gasteiger charge is 2.17. The number of carbonyl (C=O) groups is 1. The maximum atomic E-state index is 12.5. The standard InChI is InChI=1S/C17H17ClN6O/c18-14-3-1-2-4-15(14)24-11-12(21-22-24)9-20-17(25)16-6-5-13-10-19-7-8-23(13)16/h1-6,11,19H,7-10H2,(H,20,25). The second kappa shape index (κ2) is 6.70. The molecular weight excluding hydrogens is 340 g/mol. The van der Waals surface area contributed by atoms with E-state index >= 15 is 0 Å². The first-order valence-corrected chi connectivity index (χ1v) is 8.43. The summed E-state index contributed by atoms with van der Waals surface area (Å²) in [5.41, 5.74) is 3.22. The summed E-state index contributed by atoms with van der Waals surface area (Å²) in [5.74, 6) is -0.111. The van der Waals surface area contributed by atoms with Crippen LogP contribution in [0.25, 0.3) is 5.69 Å². The summed E-state index contributed by atoms with van der Waals surface area (Å²) >= 11 is 6.16. The summed E-state index contributed by atoms with van der Waals surface area (Å²) in [7, 11) is 0. The molecule has 1 aromatic carbocycles. The molecule has 1 amide bonds. The second-order valence-electron chi connectivity index (χ2n) is 5.83. The van der Waals surface area contributed by atoms with E-state index in [9.17, 15) is 4.79 Å². The molecule has 0 aliphatic carbocycles. The first kappa shape index (κ1) is 15.9. The molecule has 0 unspecified atom stereocenters. The fourth-order valence-electron chi connectivity index (χ4n) is 2.93. The minimum absolute atomic E-state index is 0.111. The first-order chi connectivity index (χ1) is 12.2. The number of nitrogens with one attached hydrogen (secondary N) is 2. The molecule has 3 heterocycles. The Kier molecular flexibility index (Phi) is 4.25. The van der Waals surface area contributed by atoms with Gasteiger partial charge in [0.2, 0.25) is 0 Å². The highest BCUT2D eigenvalue weighted by Crippen LogP contribution is 2.18. The number of para-hydroxylation sites is 1. The quantitative estimate of drug-likeness (QED) is 0.746. The Hall–Kier alpha value is -2.64. The zero-order valence-corrected chi connectivity index (χ0v) is 14.2. The number of rotatable bonds is 4. The van der Waals surface area contributed by atoms with Crippen LogP contribution in [0.1, 0.15) is 21.9 Å². The molecule has 0 atom stereocenters. The van der Waals surface area contributed by atoms with Crippen molar-refractivity contribution in [1.29, 1.82) is 0 Å². The van der Waals surface area contributed by atoms with Crippen LogP contribution in [0.4, 0.5) is 0 Å². The van der Waals surface area contributed by atoms with Crippen LogP contribution in [-0.2, 0) is 19.6 Å². The smallest absolute Gasteiger partial charge is 0.268 e. The maximum Gasteiger partial charge on any atom is 0.268 e. The molecule has 3 aromatic rings. The minimum Gasteiger partial charge on any atom is -0.345 e. The van der Waals surface area contributed by atoms with Crippen LogP contribution < -0.4 is 10.6 Å². The van der Waals surface area contributed by atoms with Gasteiger partial charge in [-0.3, -0.25) is 4.79 Å². The van der Waals surface area contributed by atoms with E-state index in [0.29, 0.717) is 23.0 Å².